The lowest BCUT2D eigenvalue weighted by molar-refractivity contribution is -0.142. The van der Waals surface area contributed by atoms with E-state index in [9.17, 15) is 24.0 Å². The minimum absolute atomic E-state index is 0.0882. The van der Waals surface area contributed by atoms with Gasteiger partial charge in [-0.15, -0.1) is 0 Å². The van der Waals surface area contributed by atoms with Gasteiger partial charge in [0.15, 0.2) is 0 Å². The monoisotopic (exact) mass is 496 g/mol. The number of nitrogens with two attached hydrogens (primary N) is 1. The molecular weight excluding hydrogens is 464 g/mol. The Balaban J connectivity index is 3.10. The van der Waals surface area contributed by atoms with Crippen molar-refractivity contribution in [2.45, 2.75) is 57.3 Å². The fraction of sp³-hybridized carbons (Fsp3) is 0.500. The van der Waals surface area contributed by atoms with Gasteiger partial charge in [0.05, 0.1) is 6.04 Å². The average molecular weight is 497 g/mol. The van der Waals surface area contributed by atoms with Crippen LogP contribution in [0.25, 0.3) is 0 Å². The SMILES string of the molecule is CC(C)C(N)C(=O)NC(Cc1ccccc1)C(=O)NC(CCC(=O)O)C(=O)NC(CS)C(=O)O. The topological polar surface area (TPSA) is 188 Å². The number of carboxylic acid groups (broad SMARTS) is 2. The highest BCUT2D eigenvalue weighted by atomic mass is 32.1. The molecule has 34 heavy (non-hydrogen) atoms. The summed E-state index contributed by atoms with van der Waals surface area (Å²) in [4.78, 5) is 60.5. The van der Waals surface area contributed by atoms with Crippen LogP contribution in [0.4, 0.5) is 0 Å². The molecule has 12 heteroatoms. The second-order valence-corrected chi connectivity index (χ2v) is 8.46. The Kier molecular flexibility index (Phi) is 12.1. The van der Waals surface area contributed by atoms with E-state index in [0.717, 1.165) is 5.56 Å². The Hall–Kier alpha value is -3.12. The van der Waals surface area contributed by atoms with Gasteiger partial charge in [0, 0.05) is 18.6 Å². The molecule has 0 aliphatic heterocycles. The second kappa shape index (κ2) is 14.2. The largest absolute Gasteiger partial charge is 0.481 e. The zero-order valence-corrected chi connectivity index (χ0v) is 20.0. The van der Waals surface area contributed by atoms with E-state index in [1.54, 1.807) is 44.2 Å². The lowest BCUT2D eigenvalue weighted by Gasteiger charge is -2.25. The van der Waals surface area contributed by atoms with Gasteiger partial charge < -0.3 is 31.9 Å². The summed E-state index contributed by atoms with van der Waals surface area (Å²) in [5, 5.41) is 25.4. The molecule has 4 unspecified atom stereocenters. The van der Waals surface area contributed by atoms with E-state index in [2.05, 4.69) is 28.6 Å². The molecule has 0 spiro atoms. The molecule has 4 atom stereocenters. The van der Waals surface area contributed by atoms with Crippen molar-refractivity contribution in [2.24, 2.45) is 11.7 Å². The van der Waals surface area contributed by atoms with E-state index < -0.39 is 60.2 Å². The first-order valence-corrected chi connectivity index (χ1v) is 11.4. The molecule has 1 rings (SSSR count). The Bertz CT molecular complexity index is 866. The summed E-state index contributed by atoms with van der Waals surface area (Å²) < 4.78 is 0. The highest BCUT2D eigenvalue weighted by Crippen LogP contribution is 2.07. The van der Waals surface area contributed by atoms with Gasteiger partial charge >= 0.3 is 11.9 Å². The molecule has 0 saturated carbocycles. The maximum atomic E-state index is 13.1. The quantitative estimate of drug-likeness (QED) is 0.169. The Morgan fingerprint density at radius 1 is 0.882 bits per heavy atom. The Morgan fingerprint density at radius 3 is 1.91 bits per heavy atom. The van der Waals surface area contributed by atoms with Gasteiger partial charge in [-0.1, -0.05) is 44.2 Å². The van der Waals surface area contributed by atoms with Gasteiger partial charge in [0.2, 0.25) is 17.7 Å². The minimum Gasteiger partial charge on any atom is -0.481 e. The van der Waals surface area contributed by atoms with E-state index >= 15 is 0 Å². The average Bonchev–Trinajstić information content (AvgIpc) is 2.78. The van der Waals surface area contributed by atoms with Crippen LogP contribution in [0.1, 0.15) is 32.3 Å². The van der Waals surface area contributed by atoms with E-state index in [0.29, 0.717) is 0 Å². The summed E-state index contributed by atoms with van der Waals surface area (Å²) in [6.45, 7) is 3.51. The molecule has 0 aliphatic carbocycles. The number of hydrogen-bond donors (Lipinski definition) is 7. The van der Waals surface area contributed by atoms with Gasteiger partial charge in [-0.05, 0) is 17.9 Å². The Morgan fingerprint density at radius 2 is 1.41 bits per heavy atom. The molecule has 0 aliphatic rings. The van der Waals surface area contributed by atoms with Crippen molar-refractivity contribution in [3.63, 3.8) is 0 Å². The molecule has 11 nitrogen and oxygen atoms in total. The number of rotatable bonds is 14. The van der Waals surface area contributed by atoms with Crippen LogP contribution in [0.15, 0.2) is 30.3 Å². The molecule has 0 bridgehead atoms. The van der Waals surface area contributed by atoms with Crippen molar-refractivity contribution >= 4 is 42.3 Å². The van der Waals surface area contributed by atoms with Crippen molar-refractivity contribution in [1.82, 2.24) is 16.0 Å². The van der Waals surface area contributed by atoms with E-state index in [-0.39, 0.29) is 24.5 Å². The maximum absolute atomic E-state index is 13.1. The molecule has 3 amide bonds. The van der Waals surface area contributed by atoms with Crippen molar-refractivity contribution in [3.8, 4) is 0 Å². The lowest BCUT2D eigenvalue weighted by atomic mass is 10.0. The van der Waals surface area contributed by atoms with Gasteiger partial charge in [0.25, 0.3) is 0 Å². The molecule has 7 N–H and O–H groups in total. The van der Waals surface area contributed by atoms with Crippen LogP contribution in [0.3, 0.4) is 0 Å². The van der Waals surface area contributed by atoms with Crippen LogP contribution in [0, 0.1) is 5.92 Å². The fourth-order valence-electron chi connectivity index (χ4n) is 2.90. The van der Waals surface area contributed by atoms with Gasteiger partial charge in [-0.3, -0.25) is 19.2 Å². The maximum Gasteiger partial charge on any atom is 0.327 e. The van der Waals surface area contributed by atoms with E-state index in [1.165, 1.54) is 0 Å². The summed E-state index contributed by atoms with van der Waals surface area (Å²) in [7, 11) is 0. The molecule has 0 heterocycles. The van der Waals surface area contributed by atoms with Crippen LogP contribution in [-0.4, -0.2) is 69.8 Å². The molecular formula is C22H32N4O7S. The summed E-state index contributed by atoms with van der Waals surface area (Å²) in [5.41, 5.74) is 6.63. The third kappa shape index (κ3) is 9.79. The number of carbonyl (C=O) groups is 5. The number of carboxylic acids is 2. The highest BCUT2D eigenvalue weighted by Gasteiger charge is 2.31. The number of aliphatic carboxylic acids is 2. The third-order valence-corrected chi connectivity index (χ3v) is 5.38. The zero-order valence-electron chi connectivity index (χ0n) is 19.1. The number of hydrogen-bond acceptors (Lipinski definition) is 7. The molecule has 0 saturated heterocycles. The molecule has 0 aromatic heterocycles. The van der Waals surface area contributed by atoms with Gasteiger partial charge in [-0.2, -0.15) is 12.6 Å². The molecule has 188 valence electrons. The molecule has 0 fully saturated rings. The van der Waals surface area contributed by atoms with E-state index in [1.807, 2.05) is 0 Å². The van der Waals surface area contributed by atoms with Crippen molar-refractivity contribution in [3.05, 3.63) is 35.9 Å². The summed E-state index contributed by atoms with van der Waals surface area (Å²) in [6, 6.07) is 4.17. The molecule has 1 aromatic rings. The molecule has 0 radical (unpaired) electrons. The minimum atomic E-state index is -1.35. The van der Waals surface area contributed by atoms with Crippen LogP contribution in [-0.2, 0) is 30.4 Å². The summed E-state index contributed by atoms with van der Waals surface area (Å²) in [6.07, 6.45) is -0.654. The van der Waals surface area contributed by atoms with Gasteiger partial charge in [0.1, 0.15) is 18.1 Å². The van der Waals surface area contributed by atoms with Crippen molar-refractivity contribution in [2.75, 3.05) is 5.75 Å². The van der Waals surface area contributed by atoms with Crippen molar-refractivity contribution in [1.29, 1.82) is 0 Å². The van der Waals surface area contributed by atoms with Gasteiger partial charge in [-0.25, -0.2) is 4.79 Å². The first kappa shape index (κ1) is 28.9. The number of carbonyl (C=O) groups excluding carboxylic acids is 3. The van der Waals surface area contributed by atoms with Crippen LogP contribution < -0.4 is 21.7 Å². The third-order valence-electron chi connectivity index (χ3n) is 5.01. The van der Waals surface area contributed by atoms with Crippen LogP contribution in [0.2, 0.25) is 0 Å². The predicted octanol–water partition coefficient (Wildman–Crippen LogP) is -0.454. The van der Waals surface area contributed by atoms with Crippen molar-refractivity contribution < 1.29 is 34.2 Å². The first-order chi connectivity index (χ1) is 16.0. The fourth-order valence-corrected chi connectivity index (χ4v) is 3.14. The summed E-state index contributed by atoms with van der Waals surface area (Å²) >= 11 is 3.88. The smallest absolute Gasteiger partial charge is 0.327 e. The first-order valence-electron chi connectivity index (χ1n) is 10.7. The second-order valence-electron chi connectivity index (χ2n) is 8.10. The number of nitrogens with one attached hydrogen (secondary N) is 3. The number of amides is 3. The lowest BCUT2D eigenvalue weighted by Crippen LogP contribution is -2.58. The summed E-state index contributed by atoms with van der Waals surface area (Å²) in [5.74, 6) is -5.10. The standard InChI is InChI=1S/C22H32N4O7S/c1-12(2)18(23)21(31)25-15(10-13-6-4-3-5-7-13)20(30)24-14(8-9-17(27)28)19(29)26-16(11-34)22(32)33/h3-7,12,14-16,18,34H,8-11,23H2,1-2H3,(H,24,30)(H,25,31)(H,26,29)(H,27,28)(H,32,33). The van der Waals surface area contributed by atoms with Crippen LogP contribution >= 0.6 is 12.6 Å². The normalized spacial score (nSPS) is 14.4. The zero-order chi connectivity index (χ0) is 25.8. The van der Waals surface area contributed by atoms with E-state index in [4.69, 9.17) is 15.9 Å². The highest BCUT2D eigenvalue weighted by molar-refractivity contribution is 7.80. The predicted molar refractivity (Wildman–Crippen MR) is 127 cm³/mol. The molecule has 1 aromatic carbocycles. The number of benzene rings is 1. The number of thiol groups is 1. The van der Waals surface area contributed by atoms with Crippen LogP contribution in [0.5, 0.6) is 0 Å². The Labute approximate surface area is 203 Å².